The summed E-state index contributed by atoms with van der Waals surface area (Å²) >= 11 is 1.57. The Morgan fingerprint density at radius 2 is 1.96 bits per heavy atom. The number of para-hydroxylation sites is 1. The number of ether oxygens (including phenoxy) is 2. The van der Waals surface area contributed by atoms with E-state index in [9.17, 15) is 15.2 Å². The number of nitriles is 1. The van der Waals surface area contributed by atoms with Gasteiger partial charge in [-0.2, -0.15) is 16.6 Å². The van der Waals surface area contributed by atoms with Crippen LogP contribution >= 0.6 is 11.3 Å². The van der Waals surface area contributed by atoms with Crippen LogP contribution in [0.15, 0.2) is 65.4 Å². The van der Waals surface area contributed by atoms with Gasteiger partial charge < -0.3 is 14.6 Å². The maximum atomic E-state index is 12.1. The molecule has 0 fully saturated rings. The lowest BCUT2D eigenvalue weighted by atomic mass is 9.90. The van der Waals surface area contributed by atoms with E-state index in [1.165, 1.54) is 0 Å². The number of rotatable bonds is 7. The summed E-state index contributed by atoms with van der Waals surface area (Å²) in [6.45, 7) is 2.10. The van der Waals surface area contributed by atoms with Crippen LogP contribution in [0.1, 0.15) is 16.7 Å². The smallest absolute Gasteiger partial charge is 0.368 e. The number of nitrogens with zero attached hydrogens (tertiary/aromatic N) is 1. The fourth-order valence-corrected chi connectivity index (χ4v) is 3.27. The zero-order chi connectivity index (χ0) is 19.3. The lowest BCUT2D eigenvalue weighted by Crippen LogP contribution is -2.41. The van der Waals surface area contributed by atoms with Gasteiger partial charge >= 0.3 is 11.6 Å². The van der Waals surface area contributed by atoms with Crippen molar-refractivity contribution in [1.82, 2.24) is 0 Å². The van der Waals surface area contributed by atoms with Gasteiger partial charge in [0.15, 0.2) is 0 Å². The van der Waals surface area contributed by atoms with Crippen LogP contribution in [0.3, 0.4) is 0 Å². The summed E-state index contributed by atoms with van der Waals surface area (Å²) in [4.78, 5) is 12.1. The minimum absolute atomic E-state index is 0.240. The van der Waals surface area contributed by atoms with E-state index in [0.717, 1.165) is 5.56 Å². The van der Waals surface area contributed by atoms with Crippen molar-refractivity contribution in [2.45, 2.75) is 19.1 Å². The van der Waals surface area contributed by atoms with Crippen molar-refractivity contribution in [3.05, 3.63) is 82.0 Å². The Morgan fingerprint density at radius 1 is 1.19 bits per heavy atom. The third kappa shape index (κ3) is 3.94. The summed E-state index contributed by atoms with van der Waals surface area (Å²) in [6.07, 6.45) is 0. The Balaban J connectivity index is 1.97. The number of hydrogen-bond acceptors (Lipinski definition) is 5. The van der Waals surface area contributed by atoms with E-state index < -0.39 is 11.6 Å². The van der Waals surface area contributed by atoms with Crippen LogP contribution < -0.4 is 9.47 Å². The van der Waals surface area contributed by atoms with Crippen molar-refractivity contribution in [2.75, 3.05) is 0 Å². The van der Waals surface area contributed by atoms with E-state index in [4.69, 9.17) is 9.47 Å². The first-order chi connectivity index (χ1) is 13.0. The van der Waals surface area contributed by atoms with Gasteiger partial charge in [0.1, 0.15) is 24.2 Å². The molecular weight excluding hydrogens is 362 g/mol. The minimum atomic E-state index is -2.17. The molecule has 1 atom stereocenters. The van der Waals surface area contributed by atoms with Crippen molar-refractivity contribution < 1.29 is 19.4 Å². The molecule has 1 N–H and O–H groups in total. The highest BCUT2D eigenvalue weighted by molar-refractivity contribution is 7.07. The van der Waals surface area contributed by atoms with E-state index in [2.05, 4.69) is 0 Å². The van der Waals surface area contributed by atoms with Crippen molar-refractivity contribution in [2.24, 2.45) is 0 Å². The molecule has 0 radical (unpaired) electrons. The van der Waals surface area contributed by atoms with Gasteiger partial charge in [-0.15, -0.1) is 0 Å². The second-order valence-corrected chi connectivity index (χ2v) is 6.69. The monoisotopic (exact) mass is 379 g/mol. The van der Waals surface area contributed by atoms with Crippen molar-refractivity contribution in [1.29, 1.82) is 5.26 Å². The second-order valence-electron chi connectivity index (χ2n) is 5.91. The van der Waals surface area contributed by atoms with E-state index in [1.54, 1.807) is 66.8 Å². The van der Waals surface area contributed by atoms with E-state index in [-0.39, 0.29) is 5.56 Å². The van der Waals surface area contributed by atoms with Gasteiger partial charge in [0.25, 0.3) is 0 Å². The summed E-state index contributed by atoms with van der Waals surface area (Å²) in [7, 11) is 0. The van der Waals surface area contributed by atoms with Crippen LogP contribution in [0, 0.1) is 18.3 Å². The van der Waals surface area contributed by atoms with Crippen LogP contribution in [0.5, 0.6) is 11.5 Å². The first kappa shape index (κ1) is 18.5. The van der Waals surface area contributed by atoms with Crippen LogP contribution in [-0.4, -0.2) is 11.1 Å². The standard InChI is InChI=1S/C21H17NO4S/c1-15-7-8-18(25-12-16-9-10-27-13-16)11-19(15)21(14-22,20(23)24)26-17-5-3-2-4-6-17/h2-11,13H,12H2,1H3,(H,23,24). The minimum Gasteiger partial charge on any atom is -0.489 e. The summed E-state index contributed by atoms with van der Waals surface area (Å²) < 4.78 is 11.4. The maximum Gasteiger partial charge on any atom is 0.368 e. The van der Waals surface area contributed by atoms with Gasteiger partial charge in [0.2, 0.25) is 0 Å². The third-order valence-electron chi connectivity index (χ3n) is 4.05. The lowest BCUT2D eigenvalue weighted by molar-refractivity contribution is -0.151. The van der Waals surface area contributed by atoms with Gasteiger partial charge in [-0.1, -0.05) is 24.3 Å². The molecule has 0 amide bonds. The highest BCUT2D eigenvalue weighted by Crippen LogP contribution is 2.33. The van der Waals surface area contributed by atoms with Crippen molar-refractivity contribution >= 4 is 17.3 Å². The fraction of sp³-hybridized carbons (Fsp3) is 0.143. The maximum absolute atomic E-state index is 12.1. The Kier molecular flexibility index (Phi) is 5.43. The molecular formula is C21H17NO4S. The van der Waals surface area contributed by atoms with Crippen molar-refractivity contribution in [3.63, 3.8) is 0 Å². The SMILES string of the molecule is Cc1ccc(OCc2ccsc2)cc1C(C#N)(Oc1ccccc1)C(=O)O. The number of thiophene rings is 1. The first-order valence-electron chi connectivity index (χ1n) is 8.19. The Hall–Kier alpha value is -3.30. The molecule has 1 unspecified atom stereocenters. The number of carboxylic acids is 1. The molecule has 0 saturated heterocycles. The molecule has 136 valence electrons. The van der Waals surface area contributed by atoms with E-state index in [0.29, 0.717) is 23.7 Å². The summed E-state index contributed by atoms with van der Waals surface area (Å²) in [5.74, 6) is -0.614. The highest BCUT2D eigenvalue weighted by Gasteiger charge is 2.45. The number of benzene rings is 2. The average Bonchev–Trinajstić information content (AvgIpc) is 3.20. The largest absolute Gasteiger partial charge is 0.489 e. The third-order valence-corrected chi connectivity index (χ3v) is 4.78. The van der Waals surface area contributed by atoms with Gasteiger partial charge in [0, 0.05) is 5.56 Å². The number of aliphatic carboxylic acids is 1. The predicted octanol–water partition coefficient (Wildman–Crippen LogP) is 4.52. The van der Waals surface area contributed by atoms with Crippen LogP contribution in [-0.2, 0) is 17.0 Å². The van der Waals surface area contributed by atoms with Crippen LogP contribution in [0.25, 0.3) is 0 Å². The van der Waals surface area contributed by atoms with Crippen LogP contribution in [0.2, 0.25) is 0 Å². The Labute approximate surface area is 161 Å². The summed E-state index contributed by atoms with van der Waals surface area (Å²) in [6, 6.07) is 17.3. The normalized spacial score (nSPS) is 12.6. The van der Waals surface area contributed by atoms with Crippen molar-refractivity contribution in [3.8, 4) is 17.6 Å². The second kappa shape index (κ2) is 7.94. The zero-order valence-corrected chi connectivity index (χ0v) is 15.4. The quantitative estimate of drug-likeness (QED) is 0.653. The Morgan fingerprint density at radius 3 is 2.59 bits per heavy atom. The number of carboxylic acid groups (broad SMARTS) is 1. The van der Waals surface area contributed by atoms with Gasteiger partial charge in [-0.05, 0) is 59.1 Å². The van der Waals surface area contributed by atoms with E-state index in [1.807, 2.05) is 22.9 Å². The molecule has 5 nitrogen and oxygen atoms in total. The number of carbonyl (C=O) groups is 1. The first-order valence-corrected chi connectivity index (χ1v) is 9.13. The molecule has 3 rings (SSSR count). The average molecular weight is 379 g/mol. The molecule has 6 heteroatoms. The fourth-order valence-electron chi connectivity index (χ4n) is 2.62. The topological polar surface area (TPSA) is 79.5 Å². The molecule has 0 spiro atoms. The molecule has 0 aliphatic heterocycles. The molecule has 0 aliphatic rings. The van der Waals surface area contributed by atoms with E-state index >= 15 is 0 Å². The molecule has 0 bridgehead atoms. The van der Waals surface area contributed by atoms with Gasteiger partial charge in [-0.3, -0.25) is 0 Å². The molecule has 1 heterocycles. The van der Waals surface area contributed by atoms with Gasteiger partial charge in [-0.25, -0.2) is 4.79 Å². The molecule has 3 aromatic rings. The zero-order valence-electron chi connectivity index (χ0n) is 14.6. The lowest BCUT2D eigenvalue weighted by Gasteiger charge is -2.26. The Bertz CT molecular complexity index is 964. The summed E-state index contributed by atoms with van der Waals surface area (Å²) in [5.41, 5.74) is -0.290. The molecule has 0 aliphatic carbocycles. The molecule has 27 heavy (non-hydrogen) atoms. The predicted molar refractivity (Wildman–Crippen MR) is 102 cm³/mol. The van der Waals surface area contributed by atoms with Gasteiger partial charge in [0.05, 0.1) is 0 Å². The molecule has 1 aromatic heterocycles. The summed E-state index contributed by atoms with van der Waals surface area (Å²) in [5, 5.41) is 23.5. The number of hydrogen-bond donors (Lipinski definition) is 1. The molecule has 0 saturated carbocycles. The highest BCUT2D eigenvalue weighted by atomic mass is 32.1. The number of aryl methyl sites for hydroxylation is 1. The van der Waals surface area contributed by atoms with Crippen LogP contribution in [0.4, 0.5) is 0 Å². The molecule has 2 aromatic carbocycles.